The van der Waals surface area contributed by atoms with E-state index in [1.807, 2.05) is 12.2 Å². The number of allylic oxidation sites excluding steroid dienone is 24. The zero-order valence-corrected chi connectivity index (χ0v) is 49.7. The molecule has 0 aliphatic heterocycles. The first-order valence-electron chi connectivity index (χ1n) is 31.3. The third-order valence-corrected chi connectivity index (χ3v) is 12.8. The largest absolute Gasteiger partial charge is 0.462 e. The van der Waals surface area contributed by atoms with Gasteiger partial charge >= 0.3 is 17.9 Å². The van der Waals surface area contributed by atoms with E-state index < -0.39 is 6.10 Å². The maximum atomic E-state index is 12.9. The van der Waals surface area contributed by atoms with Gasteiger partial charge in [-0.25, -0.2) is 0 Å². The van der Waals surface area contributed by atoms with E-state index in [0.29, 0.717) is 19.3 Å². The molecule has 0 aromatic carbocycles. The molecule has 0 radical (unpaired) electrons. The van der Waals surface area contributed by atoms with Crippen LogP contribution in [-0.2, 0) is 28.6 Å². The van der Waals surface area contributed by atoms with Crippen LogP contribution in [0.5, 0.6) is 0 Å². The lowest BCUT2D eigenvalue weighted by molar-refractivity contribution is -0.166. The number of esters is 3. The zero-order chi connectivity index (χ0) is 55.7. The molecule has 434 valence electrons. The molecule has 0 saturated heterocycles. The average Bonchev–Trinajstić information content (AvgIpc) is 3.43. The molecule has 0 rings (SSSR count). The molecule has 0 N–H and O–H groups in total. The lowest BCUT2D eigenvalue weighted by Crippen LogP contribution is -2.30. The topological polar surface area (TPSA) is 78.9 Å². The van der Waals surface area contributed by atoms with Crippen molar-refractivity contribution >= 4 is 17.9 Å². The van der Waals surface area contributed by atoms with E-state index in [4.69, 9.17) is 14.2 Å². The Morgan fingerprint density at radius 2 is 0.532 bits per heavy atom. The summed E-state index contributed by atoms with van der Waals surface area (Å²) in [5, 5.41) is 0. The van der Waals surface area contributed by atoms with E-state index in [-0.39, 0.29) is 37.5 Å². The molecule has 6 heteroatoms. The van der Waals surface area contributed by atoms with Gasteiger partial charge < -0.3 is 14.2 Å². The van der Waals surface area contributed by atoms with Crippen LogP contribution in [0.25, 0.3) is 0 Å². The van der Waals surface area contributed by atoms with E-state index in [9.17, 15) is 14.4 Å². The monoisotopic (exact) mass is 1060 g/mol. The van der Waals surface area contributed by atoms with Gasteiger partial charge in [-0.05, 0) is 128 Å². The van der Waals surface area contributed by atoms with Gasteiger partial charge in [0.25, 0.3) is 0 Å². The highest BCUT2D eigenvalue weighted by Gasteiger charge is 2.19. The Bertz CT molecular complexity index is 1700. The van der Waals surface area contributed by atoms with Crippen molar-refractivity contribution in [2.45, 2.75) is 271 Å². The van der Waals surface area contributed by atoms with E-state index >= 15 is 0 Å². The van der Waals surface area contributed by atoms with Crippen molar-refractivity contribution in [1.82, 2.24) is 0 Å². The Morgan fingerprint density at radius 3 is 0.870 bits per heavy atom. The summed E-state index contributed by atoms with van der Waals surface area (Å²) < 4.78 is 16.8. The van der Waals surface area contributed by atoms with Crippen molar-refractivity contribution in [2.75, 3.05) is 13.2 Å². The summed E-state index contributed by atoms with van der Waals surface area (Å²) in [4.78, 5) is 38.2. The first-order chi connectivity index (χ1) is 38.0. The van der Waals surface area contributed by atoms with Crippen molar-refractivity contribution in [2.24, 2.45) is 0 Å². The van der Waals surface area contributed by atoms with Gasteiger partial charge in [0, 0.05) is 19.3 Å². The highest BCUT2D eigenvalue weighted by atomic mass is 16.6. The molecule has 0 bridgehead atoms. The summed E-state index contributed by atoms with van der Waals surface area (Å²) in [6.45, 7) is 6.30. The Labute approximate surface area is 474 Å². The normalized spacial score (nSPS) is 13.1. The van der Waals surface area contributed by atoms with Gasteiger partial charge in [0.1, 0.15) is 13.2 Å². The molecule has 0 aliphatic rings. The maximum Gasteiger partial charge on any atom is 0.306 e. The maximum absolute atomic E-state index is 12.9. The fraction of sp³-hybridized carbons (Fsp3) is 0.620. The predicted molar refractivity (Wildman–Crippen MR) is 334 cm³/mol. The number of unbranched alkanes of at least 4 members (excludes halogenated alkanes) is 20. The third kappa shape index (κ3) is 62.0. The van der Waals surface area contributed by atoms with E-state index in [2.05, 4.69) is 154 Å². The van der Waals surface area contributed by atoms with E-state index in [1.54, 1.807) is 0 Å². The van der Waals surface area contributed by atoms with Crippen molar-refractivity contribution in [3.8, 4) is 0 Å². The Hall–Kier alpha value is -4.71. The lowest BCUT2D eigenvalue weighted by Gasteiger charge is -2.18. The predicted octanol–water partition coefficient (Wildman–Crippen LogP) is 21.5. The van der Waals surface area contributed by atoms with E-state index in [1.165, 1.54) is 89.9 Å². The highest BCUT2D eigenvalue weighted by Crippen LogP contribution is 2.15. The molecule has 0 aromatic heterocycles. The van der Waals surface area contributed by atoms with Crippen LogP contribution in [0.15, 0.2) is 146 Å². The molecule has 1 atom stereocenters. The minimum absolute atomic E-state index is 0.111. The Balaban J connectivity index is 4.30. The average molecular weight is 1060 g/mol. The fourth-order valence-electron chi connectivity index (χ4n) is 8.20. The Morgan fingerprint density at radius 1 is 0.273 bits per heavy atom. The van der Waals surface area contributed by atoms with Gasteiger partial charge in [0.15, 0.2) is 6.10 Å². The molecule has 0 amide bonds. The number of rotatable bonds is 55. The molecule has 0 fully saturated rings. The van der Waals surface area contributed by atoms with Crippen LogP contribution in [0.4, 0.5) is 0 Å². The van der Waals surface area contributed by atoms with Crippen molar-refractivity contribution < 1.29 is 28.6 Å². The smallest absolute Gasteiger partial charge is 0.306 e. The summed E-state index contributed by atoms with van der Waals surface area (Å²) in [6.07, 6.45) is 91.6. The number of carbonyl (C=O) groups is 3. The summed E-state index contributed by atoms with van der Waals surface area (Å²) in [6, 6.07) is 0. The van der Waals surface area contributed by atoms with E-state index in [0.717, 1.165) is 128 Å². The molecule has 0 saturated carbocycles. The van der Waals surface area contributed by atoms with Gasteiger partial charge in [0.2, 0.25) is 0 Å². The molecular weight excluding hydrogens is 949 g/mol. The van der Waals surface area contributed by atoms with Crippen molar-refractivity contribution in [3.63, 3.8) is 0 Å². The standard InChI is InChI=1S/C71H114O6/c1-4-7-10-13-16-19-22-25-27-28-29-30-31-32-33-34-35-36-37-38-39-40-41-42-44-46-49-52-55-58-61-64-70(73)76-67-68(66-75-69(72)63-60-57-54-51-48-45-24-21-18-15-12-9-6-3)77-71(74)65-62-59-56-53-50-47-43-26-23-20-17-14-11-8-5-2/h7,9-10,12,16-21,25-27,29-30,32-33,35-36,43,45,48,54,57,68H,4-6,8,11,13-15,22-24,28,31,34,37-42,44,46-47,49-53,55-56,58-67H2,1-3H3/b10-7-,12-9-,19-16-,20-17-,21-18-,27-25-,30-29-,33-32-,36-35-,43-26-,48-45-,57-54-. The second-order valence-corrected chi connectivity index (χ2v) is 20.2. The summed E-state index contributed by atoms with van der Waals surface area (Å²) in [7, 11) is 0. The van der Waals surface area contributed by atoms with Gasteiger partial charge in [0.05, 0.1) is 0 Å². The summed E-state index contributed by atoms with van der Waals surface area (Å²) in [5.41, 5.74) is 0. The third-order valence-electron chi connectivity index (χ3n) is 12.8. The van der Waals surface area contributed by atoms with Crippen LogP contribution in [-0.4, -0.2) is 37.2 Å². The number of hydrogen-bond acceptors (Lipinski definition) is 6. The minimum Gasteiger partial charge on any atom is -0.462 e. The fourth-order valence-corrected chi connectivity index (χ4v) is 8.20. The molecule has 1 unspecified atom stereocenters. The molecule has 6 nitrogen and oxygen atoms in total. The van der Waals surface area contributed by atoms with Crippen LogP contribution >= 0.6 is 0 Å². The molecule has 0 aromatic rings. The van der Waals surface area contributed by atoms with Gasteiger partial charge in [-0.2, -0.15) is 0 Å². The quantitative estimate of drug-likeness (QED) is 0.0261. The first kappa shape index (κ1) is 72.3. The molecule has 0 heterocycles. The van der Waals surface area contributed by atoms with Crippen LogP contribution in [0, 0.1) is 0 Å². The second-order valence-electron chi connectivity index (χ2n) is 20.2. The number of ether oxygens (including phenoxy) is 3. The second kappa shape index (κ2) is 63.8. The number of hydrogen-bond donors (Lipinski definition) is 0. The highest BCUT2D eigenvalue weighted by molar-refractivity contribution is 5.71. The SMILES string of the molecule is CC/C=C\C/C=C\C/C=C\C/C=C\C/C=C\C/C=C\CCCCCCCCCCCCCCC(=O)OCC(COC(=O)CC/C=C\C/C=C\C/C=C\C/C=C\CC)OC(=O)CCCCCCC/C=C\C/C=C\CCCCC. The summed E-state index contributed by atoms with van der Waals surface area (Å²) in [5.74, 6) is -1.01. The van der Waals surface area contributed by atoms with Gasteiger partial charge in [-0.1, -0.05) is 263 Å². The zero-order valence-electron chi connectivity index (χ0n) is 49.7. The van der Waals surface area contributed by atoms with Gasteiger partial charge in [-0.3, -0.25) is 14.4 Å². The van der Waals surface area contributed by atoms with Crippen LogP contribution in [0.3, 0.4) is 0 Å². The Kier molecular flexibility index (Phi) is 59.9. The van der Waals surface area contributed by atoms with Crippen LogP contribution in [0.2, 0.25) is 0 Å². The lowest BCUT2D eigenvalue weighted by atomic mass is 10.0. The molecule has 0 spiro atoms. The first-order valence-corrected chi connectivity index (χ1v) is 31.3. The minimum atomic E-state index is -0.820. The van der Waals surface area contributed by atoms with Crippen molar-refractivity contribution in [1.29, 1.82) is 0 Å². The van der Waals surface area contributed by atoms with Crippen LogP contribution < -0.4 is 0 Å². The van der Waals surface area contributed by atoms with Crippen LogP contribution in [0.1, 0.15) is 265 Å². The summed E-state index contributed by atoms with van der Waals surface area (Å²) >= 11 is 0. The van der Waals surface area contributed by atoms with Gasteiger partial charge in [-0.15, -0.1) is 0 Å². The molecule has 0 aliphatic carbocycles. The molecule has 77 heavy (non-hydrogen) atoms. The molecular formula is C71H114O6. The van der Waals surface area contributed by atoms with Crippen molar-refractivity contribution in [3.05, 3.63) is 146 Å². The number of carbonyl (C=O) groups excluding carboxylic acids is 3.